The van der Waals surface area contributed by atoms with E-state index in [1.165, 1.54) is 0 Å². The van der Waals surface area contributed by atoms with E-state index in [1.54, 1.807) is 17.5 Å². The molecular weight excluding hydrogens is 356 g/mol. The zero-order valence-corrected chi connectivity index (χ0v) is 15.6. The van der Waals surface area contributed by atoms with Gasteiger partial charge in [0.1, 0.15) is 6.61 Å². The number of aryl methyl sites for hydroxylation is 1. The standard InChI is InChI=1S/C21H18N4OS/c1-15-14-27-21(24-15)25-20-19(26-13-16-6-3-2-4-7-16)10-18(12-23-20)17-8-5-9-22-11-17/h2-12,14H,13H2,1H3,(H,23,24,25). The molecule has 0 aliphatic carbocycles. The molecule has 0 spiro atoms. The molecule has 4 rings (SSSR count). The molecule has 0 fully saturated rings. The number of benzene rings is 1. The van der Waals surface area contributed by atoms with Crippen LogP contribution in [0.5, 0.6) is 5.75 Å². The van der Waals surface area contributed by atoms with E-state index in [4.69, 9.17) is 4.74 Å². The SMILES string of the molecule is Cc1csc(Nc2ncc(-c3cccnc3)cc2OCc2ccccc2)n1. The predicted molar refractivity (Wildman–Crippen MR) is 108 cm³/mol. The summed E-state index contributed by atoms with van der Waals surface area (Å²) < 4.78 is 6.10. The molecule has 0 bridgehead atoms. The van der Waals surface area contributed by atoms with Gasteiger partial charge in [-0.1, -0.05) is 36.4 Å². The minimum absolute atomic E-state index is 0.463. The number of anilines is 2. The first-order valence-electron chi connectivity index (χ1n) is 8.54. The van der Waals surface area contributed by atoms with Gasteiger partial charge >= 0.3 is 0 Å². The summed E-state index contributed by atoms with van der Waals surface area (Å²) in [6.45, 7) is 2.43. The van der Waals surface area contributed by atoms with E-state index >= 15 is 0 Å². The molecule has 0 saturated carbocycles. The third-order valence-corrected chi connectivity index (χ3v) is 4.80. The molecule has 134 valence electrons. The van der Waals surface area contributed by atoms with E-state index < -0.39 is 0 Å². The summed E-state index contributed by atoms with van der Waals surface area (Å²) in [6, 6.07) is 16.0. The van der Waals surface area contributed by atoms with Crippen molar-refractivity contribution in [3.05, 3.63) is 83.8 Å². The monoisotopic (exact) mass is 374 g/mol. The Morgan fingerprint density at radius 2 is 1.93 bits per heavy atom. The Morgan fingerprint density at radius 1 is 1.04 bits per heavy atom. The second-order valence-electron chi connectivity index (χ2n) is 6.01. The Hall–Kier alpha value is -3.25. The highest BCUT2D eigenvalue weighted by molar-refractivity contribution is 7.13. The number of hydrogen-bond acceptors (Lipinski definition) is 6. The average molecular weight is 374 g/mol. The fourth-order valence-electron chi connectivity index (χ4n) is 2.59. The minimum atomic E-state index is 0.463. The van der Waals surface area contributed by atoms with E-state index in [0.29, 0.717) is 18.2 Å². The van der Waals surface area contributed by atoms with Gasteiger partial charge in [-0.3, -0.25) is 4.98 Å². The summed E-state index contributed by atoms with van der Waals surface area (Å²) in [7, 11) is 0. The smallest absolute Gasteiger partial charge is 0.188 e. The normalized spacial score (nSPS) is 10.6. The van der Waals surface area contributed by atoms with E-state index in [-0.39, 0.29) is 0 Å². The van der Waals surface area contributed by atoms with Crippen LogP contribution in [-0.4, -0.2) is 15.0 Å². The highest BCUT2D eigenvalue weighted by Gasteiger charge is 2.11. The van der Waals surface area contributed by atoms with Gasteiger partial charge < -0.3 is 10.1 Å². The third kappa shape index (κ3) is 4.30. The number of ether oxygens (including phenoxy) is 1. The van der Waals surface area contributed by atoms with Crippen molar-refractivity contribution in [1.82, 2.24) is 15.0 Å². The molecule has 1 N–H and O–H groups in total. The lowest BCUT2D eigenvalue weighted by atomic mass is 10.1. The lowest BCUT2D eigenvalue weighted by Gasteiger charge is -2.13. The molecule has 27 heavy (non-hydrogen) atoms. The number of nitrogens with zero attached hydrogens (tertiary/aromatic N) is 3. The second kappa shape index (κ2) is 7.97. The topological polar surface area (TPSA) is 59.9 Å². The summed E-state index contributed by atoms with van der Waals surface area (Å²) in [6.07, 6.45) is 5.38. The summed E-state index contributed by atoms with van der Waals surface area (Å²) in [5.41, 5.74) is 4.01. The first kappa shape index (κ1) is 17.2. The van der Waals surface area contributed by atoms with Gasteiger partial charge in [-0.05, 0) is 24.6 Å². The largest absolute Gasteiger partial charge is 0.485 e. The highest BCUT2D eigenvalue weighted by Crippen LogP contribution is 2.32. The van der Waals surface area contributed by atoms with Gasteiger partial charge in [-0.15, -0.1) is 11.3 Å². The van der Waals surface area contributed by atoms with E-state index in [1.807, 2.05) is 73.2 Å². The second-order valence-corrected chi connectivity index (χ2v) is 6.86. The molecule has 6 heteroatoms. The van der Waals surface area contributed by atoms with Gasteiger partial charge in [-0.25, -0.2) is 9.97 Å². The van der Waals surface area contributed by atoms with Crippen LogP contribution in [0.3, 0.4) is 0 Å². The highest BCUT2D eigenvalue weighted by atomic mass is 32.1. The van der Waals surface area contributed by atoms with Gasteiger partial charge in [0, 0.05) is 35.1 Å². The number of thiazole rings is 1. The van der Waals surface area contributed by atoms with Crippen molar-refractivity contribution in [3.8, 4) is 16.9 Å². The van der Waals surface area contributed by atoms with E-state index in [9.17, 15) is 0 Å². The quantitative estimate of drug-likeness (QED) is 0.501. The maximum Gasteiger partial charge on any atom is 0.188 e. The minimum Gasteiger partial charge on any atom is -0.485 e. The molecular formula is C21H18N4OS. The molecule has 3 aromatic heterocycles. The predicted octanol–water partition coefficient (Wildman–Crippen LogP) is 5.23. The van der Waals surface area contributed by atoms with Gasteiger partial charge in [0.15, 0.2) is 16.7 Å². The molecule has 5 nitrogen and oxygen atoms in total. The number of rotatable bonds is 6. The van der Waals surface area contributed by atoms with Crippen LogP contribution in [0.2, 0.25) is 0 Å². The Balaban J connectivity index is 1.64. The van der Waals surface area contributed by atoms with Crippen LogP contribution in [0.4, 0.5) is 10.9 Å². The van der Waals surface area contributed by atoms with Gasteiger partial charge in [0.25, 0.3) is 0 Å². The molecule has 0 saturated heterocycles. The zero-order chi connectivity index (χ0) is 18.5. The first-order chi connectivity index (χ1) is 13.3. The van der Waals surface area contributed by atoms with Crippen molar-refractivity contribution in [1.29, 1.82) is 0 Å². The van der Waals surface area contributed by atoms with Crippen LogP contribution in [0, 0.1) is 6.92 Å². The molecule has 0 radical (unpaired) electrons. The third-order valence-electron chi connectivity index (χ3n) is 3.93. The summed E-state index contributed by atoms with van der Waals surface area (Å²) >= 11 is 1.54. The molecule has 1 aromatic carbocycles. The average Bonchev–Trinajstić information content (AvgIpc) is 3.13. The molecule has 0 atom stereocenters. The number of hydrogen-bond donors (Lipinski definition) is 1. The van der Waals surface area contributed by atoms with Gasteiger partial charge in [-0.2, -0.15) is 0 Å². The Bertz CT molecular complexity index is 1020. The number of aromatic nitrogens is 3. The van der Waals surface area contributed by atoms with E-state index in [2.05, 4.69) is 20.3 Å². The van der Waals surface area contributed by atoms with Crippen LogP contribution in [0.1, 0.15) is 11.3 Å². The molecule has 0 aliphatic rings. The summed E-state index contributed by atoms with van der Waals surface area (Å²) in [5.74, 6) is 1.32. The van der Waals surface area contributed by atoms with Crippen LogP contribution >= 0.6 is 11.3 Å². The van der Waals surface area contributed by atoms with Crippen LogP contribution < -0.4 is 10.1 Å². The molecule has 0 unspecified atom stereocenters. The van der Waals surface area contributed by atoms with E-state index in [0.717, 1.165) is 27.5 Å². The van der Waals surface area contributed by atoms with Crippen LogP contribution in [-0.2, 0) is 6.61 Å². The lowest BCUT2D eigenvalue weighted by molar-refractivity contribution is 0.307. The first-order valence-corrected chi connectivity index (χ1v) is 9.42. The fourth-order valence-corrected chi connectivity index (χ4v) is 3.28. The van der Waals surface area contributed by atoms with Crippen molar-refractivity contribution < 1.29 is 4.74 Å². The Labute approximate surface area is 161 Å². The molecule has 0 aliphatic heterocycles. The van der Waals surface area contributed by atoms with Crippen LogP contribution in [0.25, 0.3) is 11.1 Å². The van der Waals surface area contributed by atoms with Gasteiger partial charge in [0.2, 0.25) is 0 Å². The van der Waals surface area contributed by atoms with Crippen molar-refractivity contribution >= 4 is 22.3 Å². The maximum absolute atomic E-state index is 6.10. The Morgan fingerprint density at radius 3 is 2.67 bits per heavy atom. The van der Waals surface area contributed by atoms with Crippen molar-refractivity contribution in [2.24, 2.45) is 0 Å². The van der Waals surface area contributed by atoms with Crippen molar-refractivity contribution in [3.63, 3.8) is 0 Å². The maximum atomic E-state index is 6.10. The Kier molecular flexibility index (Phi) is 5.07. The summed E-state index contributed by atoms with van der Waals surface area (Å²) in [4.78, 5) is 13.2. The zero-order valence-electron chi connectivity index (χ0n) is 14.8. The summed E-state index contributed by atoms with van der Waals surface area (Å²) in [5, 5.41) is 6.05. The van der Waals surface area contributed by atoms with Crippen molar-refractivity contribution in [2.45, 2.75) is 13.5 Å². The van der Waals surface area contributed by atoms with Crippen molar-refractivity contribution in [2.75, 3.05) is 5.32 Å². The fraction of sp³-hybridized carbons (Fsp3) is 0.0952. The lowest BCUT2D eigenvalue weighted by Crippen LogP contribution is -2.01. The molecule has 0 amide bonds. The number of pyridine rings is 2. The van der Waals surface area contributed by atoms with Crippen LogP contribution in [0.15, 0.2) is 72.5 Å². The molecule has 4 aromatic rings. The van der Waals surface area contributed by atoms with Gasteiger partial charge in [0.05, 0.1) is 5.69 Å². The number of nitrogens with one attached hydrogen (secondary N) is 1. The molecule has 3 heterocycles.